The van der Waals surface area contributed by atoms with Gasteiger partial charge in [0.1, 0.15) is 29.0 Å². The lowest BCUT2D eigenvalue weighted by molar-refractivity contribution is 0.102. The Labute approximate surface area is 191 Å². The van der Waals surface area contributed by atoms with Gasteiger partial charge in [0, 0.05) is 12.6 Å². The topological polar surface area (TPSA) is 121 Å². The molecule has 0 radical (unpaired) electrons. The van der Waals surface area contributed by atoms with E-state index in [1.54, 1.807) is 37.7 Å². The van der Waals surface area contributed by atoms with E-state index in [1.807, 2.05) is 13.0 Å². The van der Waals surface area contributed by atoms with Crippen molar-refractivity contribution in [1.82, 2.24) is 24.5 Å². The molecule has 10 nitrogen and oxygen atoms in total. The fraction of sp³-hybridized carbons (Fsp3) is 0.182. The van der Waals surface area contributed by atoms with Crippen molar-refractivity contribution in [3.8, 4) is 11.6 Å². The van der Waals surface area contributed by atoms with Crippen molar-refractivity contribution in [2.75, 3.05) is 5.32 Å². The van der Waals surface area contributed by atoms with E-state index in [0.717, 1.165) is 5.56 Å². The minimum atomic E-state index is -4.01. The summed E-state index contributed by atoms with van der Waals surface area (Å²) < 4.78 is 33.8. The van der Waals surface area contributed by atoms with Crippen molar-refractivity contribution in [2.24, 2.45) is 7.05 Å². The number of benzene rings is 2. The third-order valence-electron chi connectivity index (χ3n) is 5.00. The van der Waals surface area contributed by atoms with Gasteiger partial charge in [0.25, 0.3) is 5.91 Å². The minimum absolute atomic E-state index is 0.105. The van der Waals surface area contributed by atoms with E-state index in [1.165, 1.54) is 41.6 Å². The number of nitrogens with zero attached hydrogens (tertiary/aromatic N) is 5. The Morgan fingerprint density at radius 1 is 1.06 bits per heavy atom. The quantitative estimate of drug-likeness (QED) is 0.434. The Morgan fingerprint density at radius 3 is 2.45 bits per heavy atom. The van der Waals surface area contributed by atoms with Gasteiger partial charge in [-0.1, -0.05) is 12.1 Å². The average Bonchev–Trinajstić information content (AvgIpc) is 3.37. The molecule has 2 aromatic carbocycles. The number of aromatic nitrogens is 5. The van der Waals surface area contributed by atoms with E-state index >= 15 is 0 Å². The Bertz CT molecular complexity index is 1420. The minimum Gasteiger partial charge on any atom is -0.379 e. The molecule has 2 aromatic heterocycles. The van der Waals surface area contributed by atoms with Crippen molar-refractivity contribution in [2.45, 2.75) is 25.7 Å². The second-order valence-electron chi connectivity index (χ2n) is 7.53. The second kappa shape index (κ2) is 8.51. The lowest BCUT2D eigenvalue weighted by atomic mass is 10.2. The average molecular weight is 467 g/mol. The molecular formula is C22H22N6O4S. The second-order valence-corrected chi connectivity index (χ2v) is 9.05. The van der Waals surface area contributed by atoms with E-state index in [-0.39, 0.29) is 10.6 Å². The predicted molar refractivity (Wildman–Crippen MR) is 121 cm³/mol. The van der Waals surface area contributed by atoms with Gasteiger partial charge in [0.2, 0.25) is 0 Å². The maximum atomic E-state index is 12.8. The van der Waals surface area contributed by atoms with Gasteiger partial charge >= 0.3 is 10.1 Å². The molecule has 4 aromatic rings. The van der Waals surface area contributed by atoms with E-state index in [2.05, 4.69) is 20.5 Å². The molecule has 0 aliphatic heterocycles. The molecule has 2 heterocycles. The molecule has 0 spiro atoms. The molecule has 33 heavy (non-hydrogen) atoms. The summed E-state index contributed by atoms with van der Waals surface area (Å²) in [5, 5.41) is 11.3. The summed E-state index contributed by atoms with van der Waals surface area (Å²) in [6.07, 6.45) is 2.90. The highest BCUT2D eigenvalue weighted by Gasteiger charge is 2.21. The van der Waals surface area contributed by atoms with E-state index in [9.17, 15) is 13.2 Å². The van der Waals surface area contributed by atoms with Crippen molar-refractivity contribution in [1.29, 1.82) is 0 Å². The Hall–Kier alpha value is -3.99. The number of anilines is 1. The summed E-state index contributed by atoms with van der Waals surface area (Å²) in [6, 6.07) is 11.0. The number of nitrogens with one attached hydrogen (secondary N) is 1. The van der Waals surface area contributed by atoms with Gasteiger partial charge in [-0.25, -0.2) is 14.3 Å². The molecule has 0 aliphatic rings. The highest BCUT2D eigenvalue weighted by atomic mass is 32.2. The number of carbonyl (C=O) groups excluding carboxylic acids is 1. The van der Waals surface area contributed by atoms with E-state index in [4.69, 9.17) is 4.18 Å². The Morgan fingerprint density at radius 2 is 1.79 bits per heavy atom. The van der Waals surface area contributed by atoms with Crippen LogP contribution in [0.3, 0.4) is 0 Å². The molecule has 1 amide bonds. The third kappa shape index (κ3) is 4.48. The first-order valence-electron chi connectivity index (χ1n) is 9.97. The summed E-state index contributed by atoms with van der Waals surface area (Å²) >= 11 is 0. The Balaban J connectivity index is 1.54. The molecule has 0 bridgehead atoms. The van der Waals surface area contributed by atoms with Crippen LogP contribution in [0.4, 0.5) is 5.69 Å². The zero-order valence-electron chi connectivity index (χ0n) is 18.5. The fourth-order valence-electron chi connectivity index (χ4n) is 3.37. The molecule has 0 fully saturated rings. The van der Waals surface area contributed by atoms with Gasteiger partial charge in [0.15, 0.2) is 5.82 Å². The maximum Gasteiger partial charge on any atom is 0.339 e. The first-order valence-corrected chi connectivity index (χ1v) is 11.4. The van der Waals surface area contributed by atoms with Gasteiger partial charge in [-0.05, 0) is 62.2 Å². The van der Waals surface area contributed by atoms with Crippen LogP contribution in [0.2, 0.25) is 0 Å². The molecule has 4 rings (SSSR count). The number of hydrogen-bond donors (Lipinski definition) is 1. The number of carbonyl (C=O) groups is 1. The van der Waals surface area contributed by atoms with Crippen LogP contribution in [0, 0.1) is 20.8 Å². The molecule has 11 heteroatoms. The van der Waals surface area contributed by atoms with Crippen LogP contribution in [-0.4, -0.2) is 38.9 Å². The van der Waals surface area contributed by atoms with E-state index in [0.29, 0.717) is 28.3 Å². The maximum absolute atomic E-state index is 12.8. The summed E-state index contributed by atoms with van der Waals surface area (Å²) in [7, 11) is -2.27. The predicted octanol–water partition coefficient (Wildman–Crippen LogP) is 2.95. The van der Waals surface area contributed by atoms with E-state index < -0.39 is 16.0 Å². The SMILES string of the molecule is Cc1ccc(C)c(S(=O)(=O)Oc2ccc(C(=O)Nc3c(C)nn(C)c3-n3cncn3)cc2)c1. The molecule has 170 valence electrons. The molecule has 0 saturated heterocycles. The molecule has 0 unspecified atom stereocenters. The van der Waals surface area contributed by atoms with Crippen molar-refractivity contribution in [3.05, 3.63) is 77.5 Å². The fourth-order valence-corrected chi connectivity index (χ4v) is 4.62. The highest BCUT2D eigenvalue weighted by Crippen LogP contribution is 2.25. The van der Waals surface area contributed by atoms with Crippen LogP contribution in [0.15, 0.2) is 60.0 Å². The lowest BCUT2D eigenvalue weighted by Crippen LogP contribution is -2.15. The molecule has 0 saturated carbocycles. The number of amides is 1. The summed E-state index contributed by atoms with van der Waals surface area (Å²) in [5.41, 5.74) is 2.82. The standard InChI is InChI=1S/C22H22N6O4S/c1-14-5-6-15(2)19(11-14)33(30,31)32-18-9-7-17(8-10-18)21(29)25-20-16(3)26-27(4)22(20)28-13-23-12-24-28/h5-13H,1-4H3,(H,25,29). The van der Waals surface area contributed by atoms with Crippen LogP contribution < -0.4 is 9.50 Å². The van der Waals surface area contributed by atoms with Gasteiger partial charge < -0.3 is 9.50 Å². The van der Waals surface area contributed by atoms with Gasteiger partial charge in [-0.2, -0.15) is 18.6 Å². The van der Waals surface area contributed by atoms with Crippen LogP contribution in [0.1, 0.15) is 27.2 Å². The molecule has 0 aliphatic carbocycles. The zero-order chi connectivity index (χ0) is 23.8. The lowest BCUT2D eigenvalue weighted by Gasteiger charge is -2.11. The zero-order valence-corrected chi connectivity index (χ0v) is 19.3. The smallest absolute Gasteiger partial charge is 0.339 e. The van der Waals surface area contributed by atoms with Crippen LogP contribution in [-0.2, 0) is 17.2 Å². The first kappa shape index (κ1) is 22.2. The van der Waals surface area contributed by atoms with Crippen molar-refractivity contribution >= 4 is 21.7 Å². The molecule has 0 atom stereocenters. The largest absolute Gasteiger partial charge is 0.379 e. The van der Waals surface area contributed by atoms with Crippen LogP contribution >= 0.6 is 0 Å². The summed E-state index contributed by atoms with van der Waals surface area (Å²) in [4.78, 5) is 16.9. The number of aryl methyl sites for hydroxylation is 4. The van der Waals surface area contributed by atoms with Gasteiger partial charge in [-0.3, -0.25) is 4.79 Å². The third-order valence-corrected chi connectivity index (χ3v) is 6.39. The number of rotatable bonds is 6. The van der Waals surface area contributed by atoms with Gasteiger partial charge in [-0.15, -0.1) is 0 Å². The summed E-state index contributed by atoms with van der Waals surface area (Å²) in [6.45, 7) is 5.28. The van der Waals surface area contributed by atoms with Crippen molar-refractivity contribution in [3.63, 3.8) is 0 Å². The monoisotopic (exact) mass is 466 g/mol. The number of hydrogen-bond acceptors (Lipinski definition) is 7. The van der Waals surface area contributed by atoms with Gasteiger partial charge in [0.05, 0.1) is 5.69 Å². The first-order chi connectivity index (χ1) is 15.7. The Kier molecular flexibility index (Phi) is 5.73. The highest BCUT2D eigenvalue weighted by molar-refractivity contribution is 7.87. The van der Waals surface area contributed by atoms with Crippen molar-refractivity contribution < 1.29 is 17.4 Å². The molecular weight excluding hydrogens is 444 g/mol. The van der Waals surface area contributed by atoms with Crippen LogP contribution in [0.5, 0.6) is 5.75 Å². The normalized spacial score (nSPS) is 11.4. The van der Waals surface area contributed by atoms with Crippen LogP contribution in [0.25, 0.3) is 5.82 Å². The summed E-state index contributed by atoms with van der Waals surface area (Å²) in [5.74, 6) is 0.266. The molecule has 1 N–H and O–H groups in total.